The van der Waals surface area contributed by atoms with Crippen LogP contribution in [-0.2, 0) is 6.42 Å². The van der Waals surface area contributed by atoms with Gasteiger partial charge in [-0.3, -0.25) is 0 Å². The molecule has 2 N–H and O–H groups in total. The van der Waals surface area contributed by atoms with Crippen LogP contribution in [0.15, 0.2) is 53.0 Å². The number of hydrogen-bond donors (Lipinski definition) is 1. The highest BCUT2D eigenvalue weighted by molar-refractivity contribution is 9.10. The van der Waals surface area contributed by atoms with Gasteiger partial charge < -0.3 is 5.73 Å². The van der Waals surface area contributed by atoms with Crippen LogP contribution >= 0.6 is 15.9 Å². The van der Waals surface area contributed by atoms with Crippen molar-refractivity contribution in [1.82, 2.24) is 0 Å². The van der Waals surface area contributed by atoms with Crippen LogP contribution < -0.4 is 5.73 Å². The number of halogens is 1. The molecular weight excluding hydrogens is 274 g/mol. The quantitative estimate of drug-likeness (QED) is 0.908. The summed E-state index contributed by atoms with van der Waals surface area (Å²) in [5.41, 5.74) is 9.95. The van der Waals surface area contributed by atoms with Gasteiger partial charge in [-0.25, -0.2) is 0 Å². The van der Waals surface area contributed by atoms with Gasteiger partial charge >= 0.3 is 0 Å². The molecule has 0 aliphatic carbocycles. The Balaban J connectivity index is 2.17. The van der Waals surface area contributed by atoms with Crippen molar-refractivity contribution < 1.29 is 0 Å². The minimum absolute atomic E-state index is 0.0496. The zero-order chi connectivity index (χ0) is 12.3. The van der Waals surface area contributed by atoms with Gasteiger partial charge in [-0.2, -0.15) is 0 Å². The lowest BCUT2D eigenvalue weighted by molar-refractivity contribution is 0.719. The predicted octanol–water partition coefficient (Wildman–Crippen LogP) is 4.00. The minimum atomic E-state index is 0.0496. The molecule has 0 amide bonds. The molecule has 2 aromatic carbocycles. The smallest absolute Gasteiger partial charge is 0.0336 e. The van der Waals surface area contributed by atoms with Crippen LogP contribution in [0, 0.1) is 6.92 Å². The van der Waals surface area contributed by atoms with Crippen molar-refractivity contribution in [2.24, 2.45) is 5.73 Å². The van der Waals surface area contributed by atoms with Crippen molar-refractivity contribution in [3.63, 3.8) is 0 Å². The first-order chi connectivity index (χ1) is 8.16. The Bertz CT molecular complexity index is 508. The highest BCUT2D eigenvalue weighted by Gasteiger charge is 2.08. The first kappa shape index (κ1) is 12.3. The minimum Gasteiger partial charge on any atom is -0.324 e. The van der Waals surface area contributed by atoms with Crippen LogP contribution in [0.5, 0.6) is 0 Å². The molecule has 88 valence electrons. The summed E-state index contributed by atoms with van der Waals surface area (Å²) in [5.74, 6) is 0. The third-order valence-corrected chi connectivity index (χ3v) is 3.64. The van der Waals surface area contributed by atoms with E-state index >= 15 is 0 Å². The van der Waals surface area contributed by atoms with Gasteiger partial charge in [0.2, 0.25) is 0 Å². The molecule has 1 nitrogen and oxygen atoms in total. The maximum atomic E-state index is 6.24. The summed E-state index contributed by atoms with van der Waals surface area (Å²) >= 11 is 3.56. The molecule has 1 unspecified atom stereocenters. The summed E-state index contributed by atoms with van der Waals surface area (Å²) in [6.45, 7) is 2.09. The second kappa shape index (κ2) is 5.48. The van der Waals surface area contributed by atoms with Crippen molar-refractivity contribution in [3.05, 3.63) is 69.7 Å². The van der Waals surface area contributed by atoms with E-state index in [2.05, 4.69) is 59.3 Å². The lowest BCUT2D eigenvalue weighted by atomic mass is 9.98. The molecule has 0 spiro atoms. The molecule has 0 radical (unpaired) electrons. The van der Waals surface area contributed by atoms with E-state index in [-0.39, 0.29) is 6.04 Å². The van der Waals surface area contributed by atoms with Gasteiger partial charge in [-0.1, -0.05) is 64.0 Å². The molecule has 0 heterocycles. The zero-order valence-electron chi connectivity index (χ0n) is 9.86. The Morgan fingerprint density at radius 2 is 1.88 bits per heavy atom. The Hall–Kier alpha value is -1.12. The number of benzene rings is 2. The largest absolute Gasteiger partial charge is 0.324 e. The maximum absolute atomic E-state index is 6.24. The average Bonchev–Trinajstić information content (AvgIpc) is 2.32. The average molecular weight is 290 g/mol. The van der Waals surface area contributed by atoms with Gasteiger partial charge in [0.25, 0.3) is 0 Å². The predicted molar refractivity (Wildman–Crippen MR) is 76.0 cm³/mol. The second-order valence-corrected chi connectivity index (χ2v) is 5.17. The van der Waals surface area contributed by atoms with E-state index in [4.69, 9.17) is 5.73 Å². The lowest BCUT2D eigenvalue weighted by Gasteiger charge is -2.13. The molecule has 0 saturated carbocycles. The Labute approximate surface area is 111 Å². The summed E-state index contributed by atoms with van der Waals surface area (Å²) in [6, 6.07) is 16.7. The number of rotatable bonds is 3. The summed E-state index contributed by atoms with van der Waals surface area (Å²) in [4.78, 5) is 0. The van der Waals surface area contributed by atoms with E-state index in [1.165, 1.54) is 16.7 Å². The molecule has 0 aliphatic heterocycles. The van der Waals surface area contributed by atoms with Crippen molar-refractivity contribution >= 4 is 15.9 Å². The van der Waals surface area contributed by atoms with E-state index in [9.17, 15) is 0 Å². The van der Waals surface area contributed by atoms with Crippen molar-refractivity contribution in [1.29, 1.82) is 0 Å². The van der Waals surface area contributed by atoms with Gasteiger partial charge in [0.15, 0.2) is 0 Å². The Morgan fingerprint density at radius 3 is 2.59 bits per heavy atom. The Kier molecular flexibility index (Phi) is 3.97. The molecule has 2 aromatic rings. The van der Waals surface area contributed by atoms with Crippen LogP contribution in [0.3, 0.4) is 0 Å². The van der Waals surface area contributed by atoms with Crippen LogP contribution in [0.1, 0.15) is 22.7 Å². The molecule has 0 aromatic heterocycles. The van der Waals surface area contributed by atoms with Crippen LogP contribution in [0.4, 0.5) is 0 Å². The van der Waals surface area contributed by atoms with E-state index in [1.54, 1.807) is 0 Å². The highest BCUT2D eigenvalue weighted by Crippen LogP contribution is 2.22. The number of aryl methyl sites for hydroxylation is 1. The summed E-state index contributed by atoms with van der Waals surface area (Å²) in [5, 5.41) is 0. The highest BCUT2D eigenvalue weighted by atomic mass is 79.9. The normalized spacial score (nSPS) is 12.4. The van der Waals surface area contributed by atoms with Crippen molar-refractivity contribution in [2.45, 2.75) is 19.4 Å². The van der Waals surface area contributed by atoms with Crippen molar-refractivity contribution in [2.75, 3.05) is 0 Å². The molecule has 0 aliphatic rings. The second-order valence-electron chi connectivity index (χ2n) is 4.32. The molecule has 2 rings (SSSR count). The molecular formula is C15H16BrN. The zero-order valence-corrected chi connectivity index (χ0v) is 11.4. The van der Waals surface area contributed by atoms with E-state index in [1.807, 2.05) is 12.1 Å². The number of hydrogen-bond acceptors (Lipinski definition) is 1. The van der Waals surface area contributed by atoms with E-state index in [0.717, 1.165) is 10.9 Å². The first-order valence-electron chi connectivity index (χ1n) is 5.72. The van der Waals surface area contributed by atoms with Gasteiger partial charge in [0.1, 0.15) is 0 Å². The van der Waals surface area contributed by atoms with Crippen LogP contribution in [0.25, 0.3) is 0 Å². The third kappa shape index (κ3) is 3.18. The fourth-order valence-corrected chi connectivity index (χ4v) is 2.37. The standard InChI is InChI=1S/C15H16BrN/c1-11-5-4-7-13(9-11)15(17)10-12-6-2-3-8-14(12)16/h2-9,15H,10,17H2,1H3. The molecule has 0 fully saturated rings. The van der Waals surface area contributed by atoms with Gasteiger partial charge in [-0.15, -0.1) is 0 Å². The summed E-state index contributed by atoms with van der Waals surface area (Å²) < 4.78 is 1.13. The van der Waals surface area contributed by atoms with Gasteiger partial charge in [-0.05, 0) is 30.5 Å². The summed E-state index contributed by atoms with van der Waals surface area (Å²) in [7, 11) is 0. The molecule has 2 heteroatoms. The number of nitrogens with two attached hydrogens (primary N) is 1. The molecule has 0 saturated heterocycles. The van der Waals surface area contributed by atoms with E-state index in [0.29, 0.717) is 0 Å². The molecule has 0 bridgehead atoms. The molecule has 1 atom stereocenters. The Morgan fingerprint density at radius 1 is 1.12 bits per heavy atom. The fraction of sp³-hybridized carbons (Fsp3) is 0.200. The summed E-state index contributed by atoms with van der Waals surface area (Å²) in [6.07, 6.45) is 0.852. The van der Waals surface area contributed by atoms with Crippen LogP contribution in [-0.4, -0.2) is 0 Å². The molecule has 17 heavy (non-hydrogen) atoms. The third-order valence-electron chi connectivity index (χ3n) is 2.87. The monoisotopic (exact) mass is 289 g/mol. The SMILES string of the molecule is Cc1cccc(C(N)Cc2ccccc2Br)c1. The van der Waals surface area contributed by atoms with Crippen molar-refractivity contribution in [3.8, 4) is 0 Å². The van der Waals surface area contributed by atoms with Gasteiger partial charge in [0.05, 0.1) is 0 Å². The van der Waals surface area contributed by atoms with E-state index < -0.39 is 0 Å². The van der Waals surface area contributed by atoms with Crippen LogP contribution in [0.2, 0.25) is 0 Å². The maximum Gasteiger partial charge on any atom is 0.0336 e. The fourth-order valence-electron chi connectivity index (χ4n) is 1.92. The first-order valence-corrected chi connectivity index (χ1v) is 6.51. The van der Waals surface area contributed by atoms with Gasteiger partial charge in [0, 0.05) is 10.5 Å². The topological polar surface area (TPSA) is 26.0 Å². The lowest BCUT2D eigenvalue weighted by Crippen LogP contribution is -2.13.